The first kappa shape index (κ1) is 31.9. The molecule has 3 fully saturated rings. The Bertz CT molecular complexity index is 589. The van der Waals surface area contributed by atoms with Crippen LogP contribution in [0.3, 0.4) is 0 Å². The lowest BCUT2D eigenvalue weighted by Crippen LogP contribution is -2.15. The molecule has 0 spiro atoms. The van der Waals surface area contributed by atoms with E-state index < -0.39 is 5.60 Å². The minimum atomic E-state index is -0.451. The first-order valence-electron chi connectivity index (χ1n) is 12.3. The SMILES string of the molecule is C.C.C1CC2C3CCC(C3)C2C1.CC.CC.CC1(C)OC(=O)c2ccccc21.CCC. The fraction of sp³-hybridized carbons (Fsp3) is 0.759. The molecule has 0 saturated heterocycles. The molecule has 0 amide bonds. The van der Waals surface area contributed by atoms with Crippen LogP contribution in [0.15, 0.2) is 24.3 Å². The highest BCUT2D eigenvalue weighted by molar-refractivity contribution is 5.94. The summed E-state index contributed by atoms with van der Waals surface area (Å²) in [5, 5.41) is 0. The quantitative estimate of drug-likeness (QED) is 0.380. The standard InChI is InChI=1S/C10H10O2.C10H16.C3H8.2C2H6.2CH4/c1-10(2)8-6-4-3-5-7(8)9(11)12-10;1-2-9-7-4-5-8(6-7)10(9)3-1;1-3-2;2*1-2;;/h3-6H,1-2H3;7-10H,1-6H2;3H2,1-2H3;2*1-2H3;2*1H4. The molecule has 1 aromatic rings. The van der Waals surface area contributed by atoms with E-state index in [0.717, 1.165) is 5.56 Å². The van der Waals surface area contributed by atoms with Crippen LogP contribution in [0.2, 0.25) is 0 Å². The first-order chi connectivity index (χ1) is 14.0. The van der Waals surface area contributed by atoms with Crippen molar-refractivity contribution in [1.82, 2.24) is 0 Å². The molecule has 0 radical (unpaired) electrons. The number of benzene rings is 1. The summed E-state index contributed by atoms with van der Waals surface area (Å²) in [6, 6.07) is 7.50. The van der Waals surface area contributed by atoms with E-state index in [1.807, 2.05) is 59.7 Å². The predicted molar refractivity (Wildman–Crippen MR) is 139 cm³/mol. The summed E-state index contributed by atoms with van der Waals surface area (Å²) < 4.78 is 5.18. The van der Waals surface area contributed by atoms with Crippen LogP contribution in [0.1, 0.15) is 131 Å². The maximum Gasteiger partial charge on any atom is 0.339 e. The van der Waals surface area contributed by atoms with Gasteiger partial charge in [0.2, 0.25) is 0 Å². The Morgan fingerprint density at radius 1 is 0.871 bits per heavy atom. The normalized spacial score (nSPS) is 26.8. The van der Waals surface area contributed by atoms with E-state index in [1.54, 1.807) is 44.6 Å². The van der Waals surface area contributed by atoms with Crippen molar-refractivity contribution in [1.29, 1.82) is 0 Å². The topological polar surface area (TPSA) is 26.3 Å². The molecule has 3 aliphatic carbocycles. The highest BCUT2D eigenvalue weighted by Crippen LogP contribution is 2.58. The predicted octanol–water partition coefficient (Wildman–Crippen LogP) is 9.67. The van der Waals surface area contributed by atoms with Gasteiger partial charge in [-0.15, -0.1) is 0 Å². The van der Waals surface area contributed by atoms with Crippen LogP contribution >= 0.6 is 0 Å². The molecule has 31 heavy (non-hydrogen) atoms. The van der Waals surface area contributed by atoms with Crippen molar-refractivity contribution in [2.75, 3.05) is 0 Å². The molecule has 2 bridgehead atoms. The van der Waals surface area contributed by atoms with Gasteiger partial charge in [0.25, 0.3) is 0 Å². The lowest BCUT2D eigenvalue weighted by Gasteiger charge is -2.23. The fourth-order valence-electron chi connectivity index (χ4n) is 5.55. The molecule has 0 N–H and O–H groups in total. The molecule has 0 aromatic heterocycles. The summed E-state index contributed by atoms with van der Waals surface area (Å²) in [6.07, 6.45) is 10.8. The number of esters is 1. The molecule has 3 saturated carbocycles. The Morgan fingerprint density at radius 3 is 1.77 bits per heavy atom. The molecule has 182 valence electrons. The Kier molecular flexibility index (Phi) is 15.9. The van der Waals surface area contributed by atoms with Crippen molar-refractivity contribution < 1.29 is 9.53 Å². The zero-order valence-electron chi connectivity index (χ0n) is 20.4. The molecular formula is C29H54O2. The molecule has 2 heteroatoms. The summed E-state index contributed by atoms with van der Waals surface area (Å²) in [5.74, 6) is 4.59. The average Bonchev–Trinajstić information content (AvgIpc) is 3.49. The summed E-state index contributed by atoms with van der Waals surface area (Å²) >= 11 is 0. The smallest absolute Gasteiger partial charge is 0.339 e. The second kappa shape index (κ2) is 15.5. The molecular weight excluding hydrogens is 380 g/mol. The highest BCUT2D eigenvalue weighted by Gasteiger charge is 2.48. The van der Waals surface area contributed by atoms with Gasteiger partial charge in [0, 0.05) is 5.56 Å². The lowest BCUT2D eigenvalue weighted by atomic mass is 9.82. The number of fused-ring (bicyclic) bond motifs is 6. The molecule has 1 heterocycles. The molecule has 4 atom stereocenters. The Labute approximate surface area is 195 Å². The molecule has 5 rings (SSSR count). The first-order valence-corrected chi connectivity index (χ1v) is 12.3. The van der Waals surface area contributed by atoms with Gasteiger partial charge in [0.15, 0.2) is 0 Å². The third kappa shape index (κ3) is 7.65. The van der Waals surface area contributed by atoms with Crippen LogP contribution in [-0.4, -0.2) is 5.97 Å². The van der Waals surface area contributed by atoms with E-state index in [9.17, 15) is 4.79 Å². The third-order valence-corrected chi connectivity index (χ3v) is 6.49. The van der Waals surface area contributed by atoms with Crippen molar-refractivity contribution >= 4 is 5.97 Å². The summed E-state index contributed by atoms with van der Waals surface area (Å²) in [5.41, 5.74) is 1.23. The summed E-state index contributed by atoms with van der Waals surface area (Å²) in [4.78, 5) is 11.3. The van der Waals surface area contributed by atoms with Crippen LogP contribution < -0.4 is 0 Å². The van der Waals surface area contributed by atoms with Gasteiger partial charge in [-0.2, -0.15) is 0 Å². The maximum absolute atomic E-state index is 11.3. The number of rotatable bonds is 0. The number of carbonyl (C=O) groups is 1. The third-order valence-electron chi connectivity index (χ3n) is 6.49. The van der Waals surface area contributed by atoms with E-state index in [0.29, 0.717) is 5.56 Å². The van der Waals surface area contributed by atoms with Crippen molar-refractivity contribution in [2.45, 2.75) is 121 Å². The van der Waals surface area contributed by atoms with Gasteiger partial charge >= 0.3 is 5.97 Å². The van der Waals surface area contributed by atoms with Crippen LogP contribution in [0.5, 0.6) is 0 Å². The Balaban J connectivity index is 0. The van der Waals surface area contributed by atoms with Crippen LogP contribution in [-0.2, 0) is 10.3 Å². The monoisotopic (exact) mass is 434 g/mol. The number of hydrogen-bond donors (Lipinski definition) is 0. The number of hydrogen-bond acceptors (Lipinski definition) is 2. The lowest BCUT2D eigenvalue weighted by molar-refractivity contribution is 0.00954. The molecule has 4 unspecified atom stereocenters. The Morgan fingerprint density at radius 2 is 1.32 bits per heavy atom. The molecule has 1 aliphatic heterocycles. The zero-order chi connectivity index (χ0) is 22.0. The van der Waals surface area contributed by atoms with E-state index in [2.05, 4.69) is 13.8 Å². The maximum atomic E-state index is 11.3. The van der Waals surface area contributed by atoms with E-state index in [1.165, 1.54) is 30.1 Å². The van der Waals surface area contributed by atoms with Crippen molar-refractivity contribution in [2.24, 2.45) is 23.7 Å². The minimum Gasteiger partial charge on any atom is -0.451 e. The van der Waals surface area contributed by atoms with Gasteiger partial charge in [-0.1, -0.05) is 87.4 Å². The second-order valence-corrected chi connectivity index (χ2v) is 8.74. The zero-order valence-corrected chi connectivity index (χ0v) is 20.4. The van der Waals surface area contributed by atoms with E-state index in [4.69, 9.17) is 4.74 Å². The summed E-state index contributed by atoms with van der Waals surface area (Å²) in [7, 11) is 0. The largest absolute Gasteiger partial charge is 0.451 e. The minimum absolute atomic E-state index is 0. The highest BCUT2D eigenvalue weighted by atomic mass is 16.6. The van der Waals surface area contributed by atoms with Gasteiger partial charge in [0.05, 0.1) is 5.56 Å². The van der Waals surface area contributed by atoms with Crippen LogP contribution in [0.4, 0.5) is 0 Å². The van der Waals surface area contributed by atoms with Crippen molar-refractivity contribution in [3.05, 3.63) is 35.4 Å². The van der Waals surface area contributed by atoms with Crippen molar-refractivity contribution in [3.63, 3.8) is 0 Å². The van der Waals surface area contributed by atoms with E-state index in [-0.39, 0.29) is 20.8 Å². The fourth-order valence-corrected chi connectivity index (χ4v) is 5.55. The molecule has 2 nitrogen and oxygen atoms in total. The van der Waals surface area contributed by atoms with Crippen LogP contribution in [0.25, 0.3) is 0 Å². The van der Waals surface area contributed by atoms with Gasteiger partial charge in [-0.3, -0.25) is 0 Å². The van der Waals surface area contributed by atoms with Gasteiger partial charge in [0.1, 0.15) is 5.60 Å². The second-order valence-electron chi connectivity index (χ2n) is 8.74. The average molecular weight is 435 g/mol. The molecule has 1 aromatic carbocycles. The van der Waals surface area contributed by atoms with Gasteiger partial charge < -0.3 is 4.74 Å². The summed E-state index contributed by atoms with van der Waals surface area (Å²) in [6.45, 7) is 16.0. The van der Waals surface area contributed by atoms with Crippen molar-refractivity contribution in [3.8, 4) is 0 Å². The number of cyclic esters (lactones) is 1. The number of ether oxygens (including phenoxy) is 1. The van der Waals surface area contributed by atoms with Crippen LogP contribution in [0, 0.1) is 23.7 Å². The van der Waals surface area contributed by atoms with E-state index >= 15 is 0 Å². The van der Waals surface area contributed by atoms with Gasteiger partial charge in [-0.25, -0.2) is 4.79 Å². The van der Waals surface area contributed by atoms with Gasteiger partial charge in [-0.05, 0) is 75.7 Å². The Hall–Kier alpha value is -1.31. The molecule has 4 aliphatic rings. The number of carbonyl (C=O) groups excluding carboxylic acids is 1.